The van der Waals surface area contributed by atoms with Gasteiger partial charge in [0.25, 0.3) is 0 Å². The summed E-state index contributed by atoms with van der Waals surface area (Å²) in [6.07, 6.45) is 1.66. The van der Waals surface area contributed by atoms with Crippen molar-refractivity contribution < 1.29 is 9.15 Å². The Bertz CT molecular complexity index is 657. The van der Waals surface area contributed by atoms with Gasteiger partial charge in [-0.15, -0.1) is 0 Å². The number of nitrogens with one attached hydrogen (secondary N) is 2. The molecule has 7 heteroatoms. The summed E-state index contributed by atoms with van der Waals surface area (Å²) in [6, 6.07) is 9.86. The van der Waals surface area contributed by atoms with Crippen LogP contribution in [0.4, 0.5) is 0 Å². The fraction of sp³-hybridized carbons (Fsp3) is 0.474. The summed E-state index contributed by atoms with van der Waals surface area (Å²) < 4.78 is 10.6. The molecule has 0 saturated heterocycles. The summed E-state index contributed by atoms with van der Waals surface area (Å²) in [6.45, 7) is 6.68. The summed E-state index contributed by atoms with van der Waals surface area (Å²) >= 11 is 0. The van der Waals surface area contributed by atoms with Gasteiger partial charge in [0, 0.05) is 38.9 Å². The summed E-state index contributed by atoms with van der Waals surface area (Å²) in [5.74, 6) is 1.39. The maximum Gasteiger partial charge on any atom is 0.226 e. The molecule has 0 saturated carbocycles. The lowest BCUT2D eigenvalue weighted by Gasteiger charge is -2.17. The van der Waals surface area contributed by atoms with Gasteiger partial charge in [-0.2, -0.15) is 0 Å². The lowest BCUT2D eigenvalue weighted by Crippen LogP contribution is -2.41. The van der Waals surface area contributed by atoms with E-state index < -0.39 is 0 Å². The van der Waals surface area contributed by atoms with E-state index in [2.05, 4.69) is 32.6 Å². The molecule has 0 amide bonds. The standard InChI is InChI=1S/C19H29N5O2/c1-4-20-19(21-10-11-24(2)12-13-25-3)22-14-17-15-26-18(23-17)16-8-6-5-7-9-16/h5-9,15H,4,10-14H2,1-3H3,(H2,20,21,22). The van der Waals surface area contributed by atoms with Gasteiger partial charge in [0.15, 0.2) is 5.96 Å². The van der Waals surface area contributed by atoms with E-state index in [1.54, 1.807) is 13.4 Å². The summed E-state index contributed by atoms with van der Waals surface area (Å²) in [4.78, 5) is 11.3. The van der Waals surface area contributed by atoms with Crippen LogP contribution in [0.15, 0.2) is 46.0 Å². The normalized spacial score (nSPS) is 11.8. The maximum absolute atomic E-state index is 5.55. The fourth-order valence-electron chi connectivity index (χ4n) is 2.32. The highest BCUT2D eigenvalue weighted by Crippen LogP contribution is 2.18. The number of guanidine groups is 1. The molecule has 0 bridgehead atoms. The molecule has 0 unspecified atom stereocenters. The predicted octanol–water partition coefficient (Wildman–Crippen LogP) is 1.97. The molecule has 0 atom stereocenters. The number of nitrogens with zero attached hydrogens (tertiary/aromatic N) is 3. The number of ether oxygens (including phenoxy) is 1. The zero-order chi connectivity index (χ0) is 18.6. The van der Waals surface area contributed by atoms with Gasteiger partial charge in [0.05, 0.1) is 13.2 Å². The van der Waals surface area contributed by atoms with Crippen LogP contribution in [0, 0.1) is 0 Å². The Labute approximate surface area is 155 Å². The van der Waals surface area contributed by atoms with Gasteiger partial charge in [-0.25, -0.2) is 9.98 Å². The Kier molecular flexibility index (Phi) is 8.65. The van der Waals surface area contributed by atoms with Gasteiger partial charge >= 0.3 is 0 Å². The zero-order valence-corrected chi connectivity index (χ0v) is 15.9. The van der Waals surface area contributed by atoms with Crippen LogP contribution < -0.4 is 10.6 Å². The lowest BCUT2D eigenvalue weighted by molar-refractivity contribution is 0.162. The number of rotatable bonds is 10. The molecule has 142 valence electrons. The molecule has 0 aliphatic heterocycles. The van der Waals surface area contributed by atoms with Gasteiger partial charge in [-0.1, -0.05) is 18.2 Å². The van der Waals surface area contributed by atoms with Crippen LogP contribution in [-0.2, 0) is 11.3 Å². The maximum atomic E-state index is 5.55. The highest BCUT2D eigenvalue weighted by Gasteiger charge is 2.06. The molecular formula is C19H29N5O2. The molecule has 0 radical (unpaired) electrons. The number of likely N-dealkylation sites (N-methyl/N-ethyl adjacent to an activating group) is 1. The van der Waals surface area contributed by atoms with Crippen molar-refractivity contribution in [2.45, 2.75) is 13.5 Å². The van der Waals surface area contributed by atoms with Gasteiger partial charge in [-0.3, -0.25) is 0 Å². The Morgan fingerprint density at radius 1 is 1.23 bits per heavy atom. The molecule has 2 rings (SSSR count). The van der Waals surface area contributed by atoms with Crippen molar-refractivity contribution in [1.29, 1.82) is 0 Å². The molecule has 7 nitrogen and oxygen atoms in total. The van der Waals surface area contributed by atoms with E-state index in [0.29, 0.717) is 12.4 Å². The predicted molar refractivity (Wildman–Crippen MR) is 104 cm³/mol. The second-order valence-electron chi connectivity index (χ2n) is 5.93. The molecule has 1 aromatic heterocycles. The molecule has 0 spiro atoms. The molecular weight excluding hydrogens is 330 g/mol. The number of aromatic nitrogens is 1. The number of oxazole rings is 1. The highest BCUT2D eigenvalue weighted by atomic mass is 16.5. The summed E-state index contributed by atoms with van der Waals surface area (Å²) in [7, 11) is 3.79. The SMILES string of the molecule is CCNC(=NCc1coc(-c2ccccc2)n1)NCCN(C)CCOC. The Hall–Kier alpha value is -2.38. The largest absolute Gasteiger partial charge is 0.444 e. The van der Waals surface area contributed by atoms with E-state index in [0.717, 1.165) is 50.0 Å². The Morgan fingerprint density at radius 2 is 2.04 bits per heavy atom. The molecule has 26 heavy (non-hydrogen) atoms. The molecule has 0 fully saturated rings. The third-order valence-electron chi connectivity index (χ3n) is 3.78. The van der Waals surface area contributed by atoms with Crippen LogP contribution in [0.25, 0.3) is 11.5 Å². The van der Waals surface area contributed by atoms with Crippen molar-refractivity contribution in [2.75, 3.05) is 46.9 Å². The van der Waals surface area contributed by atoms with Crippen molar-refractivity contribution in [3.8, 4) is 11.5 Å². The third kappa shape index (κ3) is 6.85. The molecule has 0 aliphatic carbocycles. The second-order valence-corrected chi connectivity index (χ2v) is 5.93. The average Bonchev–Trinajstić information content (AvgIpc) is 3.14. The minimum absolute atomic E-state index is 0.463. The van der Waals surface area contributed by atoms with Gasteiger partial charge in [0.2, 0.25) is 5.89 Å². The first-order chi connectivity index (χ1) is 12.7. The van der Waals surface area contributed by atoms with E-state index in [1.807, 2.05) is 37.3 Å². The van der Waals surface area contributed by atoms with Crippen LogP contribution in [0.2, 0.25) is 0 Å². The summed E-state index contributed by atoms with van der Waals surface area (Å²) in [5, 5.41) is 6.58. The lowest BCUT2D eigenvalue weighted by atomic mass is 10.2. The van der Waals surface area contributed by atoms with Crippen LogP contribution in [0.1, 0.15) is 12.6 Å². The van der Waals surface area contributed by atoms with Crippen LogP contribution in [0.3, 0.4) is 0 Å². The molecule has 1 aromatic carbocycles. The second kappa shape index (κ2) is 11.3. The van der Waals surface area contributed by atoms with Crippen molar-refractivity contribution in [2.24, 2.45) is 4.99 Å². The Morgan fingerprint density at radius 3 is 2.77 bits per heavy atom. The number of benzene rings is 1. The summed E-state index contributed by atoms with van der Waals surface area (Å²) in [5.41, 5.74) is 1.77. The average molecular weight is 359 g/mol. The molecule has 1 heterocycles. The van der Waals surface area contributed by atoms with Gasteiger partial charge < -0.3 is 24.7 Å². The van der Waals surface area contributed by atoms with Gasteiger partial charge in [0.1, 0.15) is 12.0 Å². The van der Waals surface area contributed by atoms with Crippen LogP contribution in [0.5, 0.6) is 0 Å². The highest BCUT2D eigenvalue weighted by molar-refractivity contribution is 5.79. The quantitative estimate of drug-likeness (QED) is 0.499. The molecule has 0 aliphatic rings. The minimum atomic E-state index is 0.463. The number of hydrogen-bond donors (Lipinski definition) is 2. The first-order valence-corrected chi connectivity index (χ1v) is 8.92. The first kappa shape index (κ1) is 19.9. The van der Waals surface area contributed by atoms with Crippen LogP contribution >= 0.6 is 0 Å². The third-order valence-corrected chi connectivity index (χ3v) is 3.78. The number of hydrogen-bond acceptors (Lipinski definition) is 5. The topological polar surface area (TPSA) is 74.9 Å². The van der Waals surface area contributed by atoms with E-state index in [9.17, 15) is 0 Å². The monoisotopic (exact) mass is 359 g/mol. The smallest absolute Gasteiger partial charge is 0.226 e. The number of aliphatic imine (C=N–C) groups is 1. The molecule has 2 N–H and O–H groups in total. The first-order valence-electron chi connectivity index (χ1n) is 8.92. The van der Waals surface area contributed by atoms with Crippen LogP contribution in [-0.4, -0.2) is 62.8 Å². The minimum Gasteiger partial charge on any atom is -0.444 e. The zero-order valence-electron chi connectivity index (χ0n) is 15.9. The molecule has 2 aromatic rings. The fourth-order valence-corrected chi connectivity index (χ4v) is 2.32. The van der Waals surface area contributed by atoms with Gasteiger partial charge in [-0.05, 0) is 26.1 Å². The van der Waals surface area contributed by atoms with Crippen molar-refractivity contribution >= 4 is 5.96 Å². The van der Waals surface area contributed by atoms with E-state index in [-0.39, 0.29) is 0 Å². The Balaban J connectivity index is 1.85. The van der Waals surface area contributed by atoms with E-state index in [1.165, 1.54) is 0 Å². The van der Waals surface area contributed by atoms with Crippen molar-refractivity contribution in [1.82, 2.24) is 20.5 Å². The van der Waals surface area contributed by atoms with Crippen molar-refractivity contribution in [3.63, 3.8) is 0 Å². The van der Waals surface area contributed by atoms with E-state index >= 15 is 0 Å². The number of methoxy groups -OCH3 is 1. The van der Waals surface area contributed by atoms with E-state index in [4.69, 9.17) is 9.15 Å². The van der Waals surface area contributed by atoms with Crippen molar-refractivity contribution in [3.05, 3.63) is 42.3 Å².